The number of nitrogens with one attached hydrogen (secondary N) is 1. The Balaban J connectivity index is 1.78. The molecule has 1 atom stereocenters. The van der Waals surface area contributed by atoms with Gasteiger partial charge in [0.1, 0.15) is 5.75 Å². The number of rotatable bonds is 3. The quantitative estimate of drug-likeness (QED) is 0.858. The zero-order valence-electron chi connectivity index (χ0n) is 11.6. The highest BCUT2D eigenvalue weighted by Crippen LogP contribution is 2.38. The second kappa shape index (κ2) is 5.39. The summed E-state index contributed by atoms with van der Waals surface area (Å²) in [6.07, 6.45) is 0. The van der Waals surface area contributed by atoms with Gasteiger partial charge in [-0.05, 0) is 30.7 Å². The lowest BCUT2D eigenvalue weighted by molar-refractivity contribution is 0.229. The smallest absolute Gasteiger partial charge is 0.116 e. The average Bonchev–Trinajstić information content (AvgIpc) is 2.77. The SMILES string of the molecule is CCN1CC(CN2CCNCC2)c2cc(O)ccc21. The lowest BCUT2D eigenvalue weighted by Gasteiger charge is -2.29. The second-order valence-electron chi connectivity index (χ2n) is 5.53. The van der Waals surface area contributed by atoms with Crippen molar-refractivity contribution >= 4 is 5.69 Å². The number of hydrogen-bond acceptors (Lipinski definition) is 4. The first-order valence-corrected chi connectivity index (χ1v) is 7.29. The zero-order chi connectivity index (χ0) is 13.2. The molecule has 0 aromatic heterocycles. The Morgan fingerprint density at radius 2 is 2.11 bits per heavy atom. The lowest BCUT2D eigenvalue weighted by Crippen LogP contribution is -2.45. The van der Waals surface area contributed by atoms with Gasteiger partial charge in [-0.1, -0.05) is 0 Å². The molecule has 1 saturated heterocycles. The Morgan fingerprint density at radius 3 is 2.84 bits per heavy atom. The van der Waals surface area contributed by atoms with Crippen LogP contribution in [-0.4, -0.2) is 55.8 Å². The van der Waals surface area contributed by atoms with Gasteiger partial charge in [-0.3, -0.25) is 0 Å². The van der Waals surface area contributed by atoms with E-state index in [1.54, 1.807) is 6.07 Å². The third-order valence-corrected chi connectivity index (χ3v) is 4.30. The normalized spacial score (nSPS) is 23.6. The standard InChI is InChI=1S/C15H23N3O/c1-2-18-11-12(10-17-7-5-16-6-8-17)14-9-13(19)3-4-15(14)18/h3-4,9,12,16,19H,2,5-8,10-11H2,1H3. The van der Waals surface area contributed by atoms with Crippen LogP contribution in [0.4, 0.5) is 5.69 Å². The fourth-order valence-corrected chi connectivity index (χ4v) is 3.28. The molecule has 1 aromatic carbocycles. The van der Waals surface area contributed by atoms with Gasteiger partial charge in [-0.15, -0.1) is 0 Å². The Hall–Kier alpha value is -1.26. The number of anilines is 1. The van der Waals surface area contributed by atoms with Crippen molar-refractivity contribution in [3.05, 3.63) is 23.8 Å². The van der Waals surface area contributed by atoms with E-state index in [1.165, 1.54) is 11.3 Å². The van der Waals surface area contributed by atoms with Gasteiger partial charge in [0.25, 0.3) is 0 Å². The molecule has 1 fully saturated rings. The summed E-state index contributed by atoms with van der Waals surface area (Å²) in [5.74, 6) is 0.919. The molecule has 4 heteroatoms. The second-order valence-corrected chi connectivity index (χ2v) is 5.53. The van der Waals surface area contributed by atoms with Crippen molar-refractivity contribution in [2.45, 2.75) is 12.8 Å². The van der Waals surface area contributed by atoms with Gasteiger partial charge in [0, 0.05) is 57.4 Å². The summed E-state index contributed by atoms with van der Waals surface area (Å²) in [4.78, 5) is 4.95. The molecule has 2 N–H and O–H groups in total. The summed E-state index contributed by atoms with van der Waals surface area (Å²) in [6.45, 7) is 9.88. The lowest BCUT2D eigenvalue weighted by atomic mass is 10.00. The maximum Gasteiger partial charge on any atom is 0.116 e. The van der Waals surface area contributed by atoms with Crippen molar-refractivity contribution in [2.24, 2.45) is 0 Å². The fourth-order valence-electron chi connectivity index (χ4n) is 3.28. The van der Waals surface area contributed by atoms with Crippen LogP contribution in [0.1, 0.15) is 18.4 Å². The minimum absolute atomic E-state index is 0.391. The zero-order valence-corrected chi connectivity index (χ0v) is 11.6. The van der Waals surface area contributed by atoms with E-state index in [1.807, 2.05) is 6.07 Å². The highest BCUT2D eigenvalue weighted by Gasteiger charge is 2.29. The summed E-state index contributed by atoms with van der Waals surface area (Å²) in [5, 5.41) is 13.1. The Kier molecular flexibility index (Phi) is 3.62. The molecule has 3 rings (SSSR count). The Morgan fingerprint density at radius 1 is 1.32 bits per heavy atom. The largest absolute Gasteiger partial charge is 0.508 e. The maximum atomic E-state index is 9.74. The molecular formula is C15H23N3O. The number of hydrogen-bond donors (Lipinski definition) is 2. The summed E-state index contributed by atoms with van der Waals surface area (Å²) in [6, 6.07) is 5.82. The predicted octanol–water partition coefficient (Wildman–Crippen LogP) is 1.22. The molecule has 19 heavy (non-hydrogen) atoms. The van der Waals surface area contributed by atoms with Crippen LogP contribution in [0.2, 0.25) is 0 Å². The van der Waals surface area contributed by atoms with Crippen molar-refractivity contribution in [2.75, 3.05) is 50.7 Å². The van der Waals surface area contributed by atoms with Crippen LogP contribution in [0, 0.1) is 0 Å². The fraction of sp³-hybridized carbons (Fsp3) is 0.600. The number of fused-ring (bicyclic) bond motifs is 1. The maximum absolute atomic E-state index is 9.74. The summed E-state index contributed by atoms with van der Waals surface area (Å²) in [5.41, 5.74) is 2.63. The van der Waals surface area contributed by atoms with Gasteiger partial charge in [-0.25, -0.2) is 0 Å². The Bertz CT molecular complexity index is 443. The minimum Gasteiger partial charge on any atom is -0.508 e. The highest BCUT2D eigenvalue weighted by molar-refractivity contribution is 5.62. The number of benzene rings is 1. The van der Waals surface area contributed by atoms with Crippen LogP contribution in [0.5, 0.6) is 5.75 Å². The molecule has 2 aliphatic heterocycles. The number of phenolic OH excluding ortho intramolecular Hbond substituents is 1. The molecule has 0 saturated carbocycles. The molecule has 2 heterocycles. The number of nitrogens with zero attached hydrogens (tertiary/aromatic N) is 2. The molecule has 0 spiro atoms. The number of aromatic hydroxyl groups is 1. The van der Waals surface area contributed by atoms with E-state index in [0.29, 0.717) is 11.7 Å². The van der Waals surface area contributed by atoms with E-state index in [0.717, 1.165) is 45.8 Å². The van der Waals surface area contributed by atoms with Crippen LogP contribution in [0.15, 0.2) is 18.2 Å². The van der Waals surface area contributed by atoms with Gasteiger partial charge in [0.05, 0.1) is 0 Å². The van der Waals surface area contributed by atoms with Gasteiger partial charge in [-0.2, -0.15) is 0 Å². The summed E-state index contributed by atoms with van der Waals surface area (Å²) < 4.78 is 0. The number of phenols is 1. The summed E-state index contributed by atoms with van der Waals surface area (Å²) in [7, 11) is 0. The third-order valence-electron chi connectivity index (χ3n) is 4.30. The van der Waals surface area contributed by atoms with Crippen molar-refractivity contribution in [3.63, 3.8) is 0 Å². The minimum atomic E-state index is 0.391. The van der Waals surface area contributed by atoms with Crippen LogP contribution < -0.4 is 10.2 Å². The van der Waals surface area contributed by atoms with E-state index < -0.39 is 0 Å². The Labute approximate surface area is 115 Å². The molecule has 2 aliphatic rings. The van der Waals surface area contributed by atoms with Crippen molar-refractivity contribution in [1.82, 2.24) is 10.2 Å². The van der Waals surface area contributed by atoms with Crippen LogP contribution in [0.25, 0.3) is 0 Å². The molecule has 0 amide bonds. The molecule has 4 nitrogen and oxygen atoms in total. The molecule has 1 aromatic rings. The van der Waals surface area contributed by atoms with Gasteiger partial charge >= 0.3 is 0 Å². The summed E-state index contributed by atoms with van der Waals surface area (Å²) >= 11 is 0. The van der Waals surface area contributed by atoms with Crippen LogP contribution in [-0.2, 0) is 0 Å². The first-order valence-electron chi connectivity index (χ1n) is 7.29. The van der Waals surface area contributed by atoms with Crippen LogP contribution in [0.3, 0.4) is 0 Å². The molecule has 0 aliphatic carbocycles. The average molecular weight is 261 g/mol. The van der Waals surface area contributed by atoms with E-state index in [4.69, 9.17) is 0 Å². The molecule has 0 radical (unpaired) electrons. The monoisotopic (exact) mass is 261 g/mol. The van der Waals surface area contributed by atoms with Crippen molar-refractivity contribution < 1.29 is 5.11 Å². The third kappa shape index (κ3) is 2.55. The van der Waals surface area contributed by atoms with E-state index in [-0.39, 0.29) is 0 Å². The topological polar surface area (TPSA) is 38.7 Å². The predicted molar refractivity (Wildman–Crippen MR) is 78.0 cm³/mol. The van der Waals surface area contributed by atoms with Crippen molar-refractivity contribution in [3.8, 4) is 5.75 Å². The highest BCUT2D eigenvalue weighted by atomic mass is 16.3. The van der Waals surface area contributed by atoms with Gasteiger partial charge in [0.15, 0.2) is 0 Å². The molecule has 104 valence electrons. The first-order chi connectivity index (χ1) is 9.28. The molecule has 1 unspecified atom stereocenters. The number of piperazine rings is 1. The van der Waals surface area contributed by atoms with Gasteiger partial charge < -0.3 is 20.2 Å². The van der Waals surface area contributed by atoms with Crippen molar-refractivity contribution in [1.29, 1.82) is 0 Å². The van der Waals surface area contributed by atoms with Gasteiger partial charge in [0.2, 0.25) is 0 Å². The van der Waals surface area contributed by atoms with E-state index in [2.05, 4.69) is 28.1 Å². The van der Waals surface area contributed by atoms with E-state index in [9.17, 15) is 5.11 Å². The van der Waals surface area contributed by atoms with E-state index >= 15 is 0 Å². The number of likely N-dealkylation sites (N-methyl/N-ethyl adjacent to an activating group) is 1. The molecule has 0 bridgehead atoms. The molecular weight excluding hydrogens is 238 g/mol. The van der Waals surface area contributed by atoms with Crippen LogP contribution >= 0.6 is 0 Å². The first kappa shape index (κ1) is 12.8.